The van der Waals surface area contributed by atoms with Gasteiger partial charge in [0.15, 0.2) is 11.9 Å². The summed E-state index contributed by atoms with van der Waals surface area (Å²) in [6, 6.07) is 0. The van der Waals surface area contributed by atoms with Crippen LogP contribution in [0, 0.1) is 17.8 Å². The first-order chi connectivity index (χ1) is 8.92. The minimum absolute atomic E-state index is 0. The molecule has 1 aliphatic rings. The van der Waals surface area contributed by atoms with E-state index in [0.29, 0.717) is 12.3 Å². The summed E-state index contributed by atoms with van der Waals surface area (Å²) in [4.78, 5) is 23.4. The zero-order valence-electron chi connectivity index (χ0n) is 12.8. The molecule has 0 bridgehead atoms. The Morgan fingerprint density at radius 1 is 1.30 bits per heavy atom. The Labute approximate surface area is 156 Å². The third-order valence-electron chi connectivity index (χ3n) is 3.73. The number of halogens is 1. The molecule has 108 valence electrons. The molecule has 0 aromatic heterocycles. The van der Waals surface area contributed by atoms with Crippen LogP contribution < -0.4 is 29.6 Å². The van der Waals surface area contributed by atoms with Gasteiger partial charge in [0, 0.05) is 0 Å². The van der Waals surface area contributed by atoms with Crippen molar-refractivity contribution in [3.05, 3.63) is 15.1 Å². The number of carbonyl (C=O) groups excluding carboxylic acids is 2. The van der Waals surface area contributed by atoms with Crippen LogP contribution in [0.4, 0.5) is 0 Å². The summed E-state index contributed by atoms with van der Waals surface area (Å²) in [7, 11) is 2.56. The van der Waals surface area contributed by atoms with Crippen LogP contribution in [0.3, 0.4) is 0 Å². The van der Waals surface area contributed by atoms with Crippen molar-refractivity contribution in [2.45, 2.75) is 33.1 Å². The minimum atomic E-state index is -0.587. The summed E-state index contributed by atoms with van der Waals surface area (Å²) < 4.78 is 10.6. The van der Waals surface area contributed by atoms with Crippen molar-refractivity contribution in [2.24, 2.45) is 11.8 Å². The summed E-state index contributed by atoms with van der Waals surface area (Å²) in [5.41, 5.74) is 1.35. The Morgan fingerprint density at radius 2 is 1.80 bits per heavy atom. The number of allylic oxidation sites excluding steroid dienone is 2. The third kappa shape index (κ3) is 4.93. The van der Waals surface area contributed by atoms with E-state index in [1.165, 1.54) is 23.4 Å². The predicted octanol–water partition coefficient (Wildman–Crippen LogP) is 0.0561. The Kier molecular flexibility index (Phi) is 9.46. The van der Waals surface area contributed by atoms with Crippen LogP contribution in [0.1, 0.15) is 33.1 Å². The molecule has 2 atom stereocenters. The van der Waals surface area contributed by atoms with Crippen LogP contribution in [-0.4, -0.2) is 26.2 Å². The van der Waals surface area contributed by atoms with E-state index >= 15 is 0 Å². The fourth-order valence-corrected chi connectivity index (χ4v) is 3.25. The molecule has 4 nitrogen and oxygen atoms in total. The second kappa shape index (κ2) is 9.33. The molecule has 0 heterocycles. The molecule has 0 aromatic carbocycles. The van der Waals surface area contributed by atoms with E-state index in [1.807, 2.05) is 0 Å². The smallest absolute Gasteiger partial charge is 0.491 e. The summed E-state index contributed by atoms with van der Waals surface area (Å²) in [5, 5.41) is 0. The molecule has 0 unspecified atom stereocenters. The number of hydrogen-bond donors (Lipinski definition) is 0. The standard InChI is InChI=1S/C14H20IO4.Na/c1-8-5-6-10(9(2)15)11(8)7-12(13(16)18-3)14(17)19-4;/h8,11H,5-7H2,1-4H3;/q-1;+1/b10-9-;/t8-,11+;/m0./s1. The number of rotatable bonds is 4. The Bertz CT molecular complexity index is 375. The number of methoxy groups -OCH3 is 2. The van der Waals surface area contributed by atoms with Gasteiger partial charge in [-0.1, -0.05) is 12.5 Å². The first-order valence-electron chi connectivity index (χ1n) is 6.29. The van der Waals surface area contributed by atoms with Crippen LogP contribution in [0.25, 0.3) is 0 Å². The Hall–Kier alpha value is 0.280. The summed E-state index contributed by atoms with van der Waals surface area (Å²) in [5.74, 6) is -0.374. The molecular weight excluding hydrogens is 382 g/mol. The van der Waals surface area contributed by atoms with Gasteiger partial charge in [0.25, 0.3) is 0 Å². The second-order valence-electron chi connectivity index (χ2n) is 4.85. The predicted molar refractivity (Wildman–Crippen MR) is 80.5 cm³/mol. The monoisotopic (exact) mass is 402 g/mol. The zero-order chi connectivity index (χ0) is 14.6. The van der Waals surface area contributed by atoms with E-state index in [-0.39, 0.29) is 41.4 Å². The Morgan fingerprint density at radius 3 is 2.20 bits per heavy atom. The maximum atomic E-state index is 11.7. The van der Waals surface area contributed by atoms with Crippen LogP contribution in [-0.2, 0) is 19.1 Å². The number of carbonyl (C=O) groups is 2. The van der Waals surface area contributed by atoms with Crippen molar-refractivity contribution < 1.29 is 48.6 Å². The van der Waals surface area contributed by atoms with Crippen molar-refractivity contribution in [2.75, 3.05) is 14.2 Å². The van der Waals surface area contributed by atoms with Crippen molar-refractivity contribution >= 4 is 34.5 Å². The molecule has 1 fully saturated rings. The van der Waals surface area contributed by atoms with E-state index in [1.54, 1.807) is 0 Å². The molecule has 1 saturated carbocycles. The van der Waals surface area contributed by atoms with E-state index in [9.17, 15) is 9.59 Å². The first-order valence-corrected chi connectivity index (χ1v) is 7.37. The molecule has 6 heteroatoms. The van der Waals surface area contributed by atoms with E-state index in [2.05, 4.69) is 45.9 Å². The molecule has 0 N–H and O–H groups in total. The van der Waals surface area contributed by atoms with Crippen molar-refractivity contribution in [3.8, 4) is 0 Å². The Balaban J connectivity index is 0.00000361. The fourth-order valence-electron chi connectivity index (χ4n) is 2.58. The molecule has 1 rings (SSSR count). The largest absolute Gasteiger partial charge is 1.00 e. The topological polar surface area (TPSA) is 52.6 Å². The van der Waals surface area contributed by atoms with Crippen LogP contribution >= 0.6 is 22.6 Å². The van der Waals surface area contributed by atoms with Gasteiger partial charge in [0.2, 0.25) is 0 Å². The van der Waals surface area contributed by atoms with E-state index in [4.69, 9.17) is 0 Å². The third-order valence-corrected chi connectivity index (χ3v) is 4.43. The molecule has 0 saturated heterocycles. The van der Waals surface area contributed by atoms with Crippen LogP contribution in [0.15, 0.2) is 9.15 Å². The minimum Gasteiger partial charge on any atom is -0.491 e. The van der Waals surface area contributed by atoms with Crippen LogP contribution in [0.5, 0.6) is 0 Å². The number of esters is 2. The van der Waals surface area contributed by atoms with Gasteiger partial charge in [-0.3, -0.25) is 9.59 Å². The van der Waals surface area contributed by atoms with E-state index < -0.39 is 11.9 Å². The van der Waals surface area contributed by atoms with Crippen molar-refractivity contribution in [1.29, 1.82) is 0 Å². The zero-order valence-corrected chi connectivity index (χ0v) is 16.9. The summed E-state index contributed by atoms with van der Waals surface area (Å²) in [6.07, 6.45) is 2.53. The average Bonchev–Trinajstić information content (AvgIpc) is 2.75. The molecule has 0 spiro atoms. The molecule has 0 aromatic rings. The molecule has 20 heavy (non-hydrogen) atoms. The van der Waals surface area contributed by atoms with Gasteiger partial charge in [0.05, 0.1) is 14.2 Å². The maximum absolute atomic E-state index is 11.7. The summed E-state index contributed by atoms with van der Waals surface area (Å²) >= 11 is 2.31. The number of hydrogen-bond acceptors (Lipinski definition) is 4. The first kappa shape index (κ1) is 20.3. The van der Waals surface area contributed by atoms with Crippen molar-refractivity contribution in [3.63, 3.8) is 0 Å². The molecule has 0 aliphatic heterocycles. The quantitative estimate of drug-likeness (QED) is 0.220. The van der Waals surface area contributed by atoms with Gasteiger partial charge in [0.1, 0.15) is 0 Å². The fraction of sp³-hybridized carbons (Fsp3) is 0.643. The van der Waals surface area contributed by atoms with Gasteiger partial charge < -0.3 is 9.47 Å². The average molecular weight is 402 g/mol. The van der Waals surface area contributed by atoms with E-state index in [0.717, 1.165) is 12.8 Å². The summed E-state index contributed by atoms with van der Waals surface area (Å²) in [6.45, 7) is 4.22. The van der Waals surface area contributed by atoms with Gasteiger partial charge in [-0.25, -0.2) is 0 Å². The molecular formula is C14H20INaO4. The number of ether oxygens (including phenoxy) is 2. The maximum Gasteiger partial charge on any atom is 1.00 e. The van der Waals surface area contributed by atoms with Gasteiger partial charge >= 0.3 is 29.6 Å². The SMILES string of the molecule is COC(=O)[C-](C[C@H]1/C(=C(/C)I)CC[C@@H]1C)C(=O)OC.[Na+]. The molecule has 0 amide bonds. The van der Waals surface area contributed by atoms with Crippen LogP contribution in [0.2, 0.25) is 0 Å². The van der Waals surface area contributed by atoms with Gasteiger partial charge in [-0.15, -0.1) is 6.42 Å². The molecule has 1 aliphatic carbocycles. The van der Waals surface area contributed by atoms with Crippen molar-refractivity contribution in [1.82, 2.24) is 0 Å². The second-order valence-corrected chi connectivity index (χ2v) is 6.47. The van der Waals surface area contributed by atoms with Gasteiger partial charge in [-0.2, -0.15) is 5.92 Å². The van der Waals surface area contributed by atoms with Gasteiger partial charge in [-0.05, 0) is 57.8 Å². The normalized spacial score (nSPS) is 23.6. The molecule has 0 radical (unpaired) electrons.